The Bertz CT molecular complexity index is 737. The molecular weight excluding hydrogens is 268 g/mol. The number of hydrogen-bond donors (Lipinski definition) is 0. The van der Waals surface area contributed by atoms with Gasteiger partial charge in [0.25, 0.3) is 0 Å². The summed E-state index contributed by atoms with van der Waals surface area (Å²) in [5.41, 5.74) is 4.12. The molecular formula is C20H18N2. The van der Waals surface area contributed by atoms with Crippen molar-refractivity contribution in [2.24, 2.45) is 9.98 Å². The van der Waals surface area contributed by atoms with Crippen LogP contribution < -0.4 is 0 Å². The van der Waals surface area contributed by atoms with Crippen molar-refractivity contribution in [1.82, 2.24) is 0 Å². The van der Waals surface area contributed by atoms with E-state index in [1.165, 1.54) is 5.57 Å². The molecule has 0 amide bonds. The molecule has 1 aliphatic carbocycles. The lowest BCUT2D eigenvalue weighted by Gasteiger charge is -2.03. The zero-order chi connectivity index (χ0) is 15.0. The fourth-order valence-electron chi connectivity index (χ4n) is 2.25. The molecule has 0 N–H and O–H groups in total. The SMILES string of the molecule is C1=CCCC(C=Nc2ccccc2N=Cc2ccccc2)=C1. The highest BCUT2D eigenvalue weighted by Gasteiger charge is 1.99. The third kappa shape index (κ3) is 3.89. The van der Waals surface area contributed by atoms with Crippen LogP contribution >= 0.6 is 0 Å². The van der Waals surface area contributed by atoms with Gasteiger partial charge in [-0.1, -0.05) is 60.7 Å². The molecule has 0 heterocycles. The van der Waals surface area contributed by atoms with E-state index in [1.807, 2.05) is 67.0 Å². The van der Waals surface area contributed by atoms with Crippen molar-refractivity contribution < 1.29 is 0 Å². The number of hydrogen-bond acceptors (Lipinski definition) is 2. The topological polar surface area (TPSA) is 24.7 Å². The minimum Gasteiger partial charge on any atom is -0.254 e. The third-order valence-corrected chi connectivity index (χ3v) is 3.45. The van der Waals surface area contributed by atoms with Gasteiger partial charge in [0.2, 0.25) is 0 Å². The number of benzene rings is 2. The van der Waals surface area contributed by atoms with E-state index in [-0.39, 0.29) is 0 Å². The van der Waals surface area contributed by atoms with Gasteiger partial charge in [-0.25, -0.2) is 0 Å². The first-order valence-corrected chi connectivity index (χ1v) is 7.50. The van der Waals surface area contributed by atoms with E-state index in [0.29, 0.717) is 0 Å². The van der Waals surface area contributed by atoms with Gasteiger partial charge in [0.15, 0.2) is 0 Å². The molecule has 0 saturated carbocycles. The highest BCUT2D eigenvalue weighted by atomic mass is 14.8. The van der Waals surface area contributed by atoms with Crippen molar-refractivity contribution in [3.63, 3.8) is 0 Å². The second-order valence-corrected chi connectivity index (χ2v) is 5.12. The summed E-state index contributed by atoms with van der Waals surface area (Å²) in [7, 11) is 0. The van der Waals surface area contributed by atoms with Crippen LogP contribution in [0.2, 0.25) is 0 Å². The first-order chi connectivity index (χ1) is 10.9. The molecule has 0 saturated heterocycles. The summed E-state index contributed by atoms with van der Waals surface area (Å²) in [5, 5.41) is 0. The van der Waals surface area contributed by atoms with E-state index in [1.54, 1.807) is 0 Å². The predicted octanol–water partition coefficient (Wildman–Crippen LogP) is 5.42. The van der Waals surface area contributed by atoms with Gasteiger partial charge in [0, 0.05) is 12.4 Å². The standard InChI is InChI=1S/C20H18N2/c1-3-9-17(10-4-1)15-21-19-13-7-8-14-20(19)22-16-18-11-5-2-6-12-18/h1-5,7-11,13-16H,6,12H2. The molecule has 0 spiro atoms. The van der Waals surface area contributed by atoms with Crippen LogP contribution in [0.3, 0.4) is 0 Å². The minimum absolute atomic E-state index is 0.884. The summed E-state index contributed by atoms with van der Waals surface area (Å²) in [6, 6.07) is 18.0. The van der Waals surface area contributed by atoms with Crippen LogP contribution in [-0.2, 0) is 0 Å². The van der Waals surface area contributed by atoms with Crippen molar-refractivity contribution in [1.29, 1.82) is 0 Å². The lowest BCUT2D eigenvalue weighted by molar-refractivity contribution is 1.01. The smallest absolute Gasteiger partial charge is 0.0886 e. The number of rotatable bonds is 4. The maximum Gasteiger partial charge on any atom is 0.0886 e. The molecule has 3 rings (SSSR count). The molecule has 2 nitrogen and oxygen atoms in total. The van der Waals surface area contributed by atoms with Crippen LogP contribution in [0.15, 0.2) is 88.4 Å². The van der Waals surface area contributed by atoms with Gasteiger partial charge in [-0.05, 0) is 36.1 Å². The van der Waals surface area contributed by atoms with Crippen molar-refractivity contribution in [2.45, 2.75) is 12.8 Å². The molecule has 0 aliphatic heterocycles. The third-order valence-electron chi connectivity index (χ3n) is 3.45. The Balaban J connectivity index is 1.81. The van der Waals surface area contributed by atoms with Gasteiger partial charge in [-0.3, -0.25) is 9.98 Å². The number of nitrogens with zero attached hydrogens (tertiary/aromatic N) is 2. The molecule has 22 heavy (non-hydrogen) atoms. The first-order valence-electron chi connectivity index (χ1n) is 7.50. The maximum absolute atomic E-state index is 4.60. The van der Waals surface area contributed by atoms with Crippen molar-refractivity contribution >= 4 is 23.8 Å². The van der Waals surface area contributed by atoms with Crippen LogP contribution in [0.5, 0.6) is 0 Å². The van der Waals surface area contributed by atoms with Crippen molar-refractivity contribution in [2.75, 3.05) is 0 Å². The van der Waals surface area contributed by atoms with E-state index < -0.39 is 0 Å². The van der Waals surface area contributed by atoms with Gasteiger partial charge >= 0.3 is 0 Å². The summed E-state index contributed by atoms with van der Waals surface area (Å²) in [6.45, 7) is 0. The Hall–Kier alpha value is -2.74. The summed E-state index contributed by atoms with van der Waals surface area (Å²) >= 11 is 0. The Kier molecular flexibility index (Phi) is 4.73. The zero-order valence-corrected chi connectivity index (χ0v) is 12.4. The molecule has 0 unspecified atom stereocenters. The van der Waals surface area contributed by atoms with Gasteiger partial charge in [-0.15, -0.1) is 0 Å². The Morgan fingerprint density at radius 2 is 1.45 bits per heavy atom. The van der Waals surface area contributed by atoms with Gasteiger partial charge < -0.3 is 0 Å². The Morgan fingerprint density at radius 3 is 2.14 bits per heavy atom. The molecule has 2 heteroatoms. The van der Waals surface area contributed by atoms with E-state index in [2.05, 4.69) is 28.2 Å². The van der Waals surface area contributed by atoms with Gasteiger partial charge in [-0.2, -0.15) is 0 Å². The molecule has 108 valence electrons. The molecule has 0 bridgehead atoms. The van der Waals surface area contributed by atoms with E-state index in [4.69, 9.17) is 0 Å². The molecule has 2 aromatic rings. The molecule has 0 aromatic heterocycles. The van der Waals surface area contributed by atoms with E-state index >= 15 is 0 Å². The predicted molar refractivity (Wildman–Crippen MR) is 94.7 cm³/mol. The fourth-order valence-corrected chi connectivity index (χ4v) is 2.25. The summed E-state index contributed by atoms with van der Waals surface area (Å²) in [4.78, 5) is 9.17. The molecule has 0 radical (unpaired) electrons. The maximum atomic E-state index is 4.60. The highest BCUT2D eigenvalue weighted by Crippen LogP contribution is 2.27. The number of para-hydroxylation sites is 2. The number of aliphatic imine (C=N–C) groups is 2. The average Bonchev–Trinajstić information content (AvgIpc) is 2.61. The Morgan fingerprint density at radius 1 is 0.773 bits per heavy atom. The normalized spacial score (nSPS) is 14.6. The molecule has 0 atom stereocenters. The molecule has 0 fully saturated rings. The van der Waals surface area contributed by atoms with Crippen LogP contribution in [0.1, 0.15) is 18.4 Å². The first kappa shape index (κ1) is 14.2. The monoisotopic (exact) mass is 286 g/mol. The molecule has 2 aromatic carbocycles. The zero-order valence-electron chi connectivity index (χ0n) is 12.4. The van der Waals surface area contributed by atoms with Crippen LogP contribution in [-0.4, -0.2) is 12.4 Å². The number of allylic oxidation sites excluding steroid dienone is 4. The second-order valence-electron chi connectivity index (χ2n) is 5.12. The minimum atomic E-state index is 0.884. The van der Waals surface area contributed by atoms with Crippen LogP contribution in [0, 0.1) is 0 Å². The largest absolute Gasteiger partial charge is 0.254 e. The molecule has 1 aliphatic rings. The lowest BCUT2D eigenvalue weighted by atomic mass is 10.1. The van der Waals surface area contributed by atoms with Crippen molar-refractivity contribution in [3.8, 4) is 0 Å². The van der Waals surface area contributed by atoms with E-state index in [9.17, 15) is 0 Å². The summed E-state index contributed by atoms with van der Waals surface area (Å²) in [6.07, 6.45) is 12.3. The van der Waals surface area contributed by atoms with Crippen molar-refractivity contribution in [3.05, 3.63) is 84.0 Å². The summed E-state index contributed by atoms with van der Waals surface area (Å²) in [5.74, 6) is 0. The van der Waals surface area contributed by atoms with Gasteiger partial charge in [0.1, 0.15) is 0 Å². The highest BCUT2D eigenvalue weighted by molar-refractivity contribution is 5.86. The Labute approximate surface area is 131 Å². The second kappa shape index (κ2) is 7.32. The quantitative estimate of drug-likeness (QED) is 0.671. The van der Waals surface area contributed by atoms with Gasteiger partial charge in [0.05, 0.1) is 11.4 Å². The summed E-state index contributed by atoms with van der Waals surface area (Å²) < 4.78 is 0. The van der Waals surface area contributed by atoms with Crippen LogP contribution in [0.25, 0.3) is 0 Å². The van der Waals surface area contributed by atoms with E-state index in [0.717, 1.165) is 29.8 Å². The lowest BCUT2D eigenvalue weighted by Crippen LogP contribution is -1.87. The fraction of sp³-hybridized carbons (Fsp3) is 0.100. The van der Waals surface area contributed by atoms with Crippen LogP contribution in [0.4, 0.5) is 11.4 Å². The average molecular weight is 286 g/mol.